The third-order valence-electron chi connectivity index (χ3n) is 4.25. The predicted octanol–water partition coefficient (Wildman–Crippen LogP) is 6.00. The van der Waals surface area contributed by atoms with Gasteiger partial charge in [0.1, 0.15) is 6.61 Å². The molecule has 0 aromatic heterocycles. The van der Waals surface area contributed by atoms with Crippen LogP contribution in [0.25, 0.3) is 0 Å². The molecule has 0 aliphatic heterocycles. The molecule has 0 saturated carbocycles. The summed E-state index contributed by atoms with van der Waals surface area (Å²) in [6.07, 6.45) is 0. The molecule has 0 amide bonds. The van der Waals surface area contributed by atoms with E-state index in [1.807, 2.05) is 42.5 Å². The SMILES string of the molecule is COc1cc(CNc2ccc(Cl)c(C(=O)O)c2)c(Br)cc1OCc1ccccc1. The van der Waals surface area contributed by atoms with Crippen molar-refractivity contribution in [3.63, 3.8) is 0 Å². The first-order valence-electron chi connectivity index (χ1n) is 8.77. The highest BCUT2D eigenvalue weighted by atomic mass is 79.9. The minimum Gasteiger partial charge on any atom is -0.493 e. The highest BCUT2D eigenvalue weighted by Crippen LogP contribution is 2.34. The molecule has 0 saturated heterocycles. The molecule has 150 valence electrons. The number of methoxy groups -OCH3 is 1. The summed E-state index contributed by atoms with van der Waals surface area (Å²) in [6.45, 7) is 0.889. The van der Waals surface area contributed by atoms with Crippen molar-refractivity contribution >= 4 is 39.2 Å². The molecule has 0 aliphatic rings. The number of carboxylic acid groups (broad SMARTS) is 1. The second-order valence-corrected chi connectivity index (χ2v) is 7.48. The number of rotatable bonds is 8. The number of nitrogens with one attached hydrogen (secondary N) is 1. The van der Waals surface area contributed by atoms with Crippen molar-refractivity contribution in [2.24, 2.45) is 0 Å². The van der Waals surface area contributed by atoms with E-state index in [9.17, 15) is 9.90 Å². The second-order valence-electron chi connectivity index (χ2n) is 6.22. The first-order valence-corrected chi connectivity index (χ1v) is 9.95. The fourth-order valence-electron chi connectivity index (χ4n) is 2.72. The molecule has 0 radical (unpaired) electrons. The van der Waals surface area contributed by atoms with Gasteiger partial charge in [0.15, 0.2) is 11.5 Å². The smallest absolute Gasteiger partial charge is 0.337 e. The maximum Gasteiger partial charge on any atom is 0.337 e. The van der Waals surface area contributed by atoms with Crippen LogP contribution in [0.1, 0.15) is 21.5 Å². The summed E-state index contributed by atoms with van der Waals surface area (Å²) in [4.78, 5) is 11.2. The van der Waals surface area contributed by atoms with Gasteiger partial charge in [0.25, 0.3) is 0 Å². The second kappa shape index (κ2) is 9.67. The van der Waals surface area contributed by atoms with Gasteiger partial charge in [-0.3, -0.25) is 0 Å². The number of hydrogen-bond donors (Lipinski definition) is 2. The van der Waals surface area contributed by atoms with Crippen LogP contribution in [0.2, 0.25) is 5.02 Å². The molecule has 5 nitrogen and oxygen atoms in total. The van der Waals surface area contributed by atoms with Crippen LogP contribution in [-0.2, 0) is 13.2 Å². The van der Waals surface area contributed by atoms with E-state index in [0.717, 1.165) is 15.6 Å². The number of carbonyl (C=O) groups is 1. The monoisotopic (exact) mass is 475 g/mol. The number of anilines is 1. The van der Waals surface area contributed by atoms with E-state index in [2.05, 4.69) is 21.2 Å². The van der Waals surface area contributed by atoms with Gasteiger partial charge in [-0.25, -0.2) is 4.79 Å². The van der Waals surface area contributed by atoms with Gasteiger partial charge in [-0.05, 0) is 41.5 Å². The lowest BCUT2D eigenvalue weighted by molar-refractivity contribution is 0.0697. The van der Waals surface area contributed by atoms with Gasteiger partial charge in [-0.15, -0.1) is 0 Å². The third kappa shape index (κ3) is 5.43. The van der Waals surface area contributed by atoms with Crippen molar-refractivity contribution < 1.29 is 19.4 Å². The number of hydrogen-bond acceptors (Lipinski definition) is 4. The highest BCUT2D eigenvalue weighted by molar-refractivity contribution is 9.10. The Balaban J connectivity index is 1.73. The maximum atomic E-state index is 11.2. The van der Waals surface area contributed by atoms with Crippen LogP contribution in [0.5, 0.6) is 11.5 Å². The summed E-state index contributed by atoms with van der Waals surface area (Å²) in [6, 6.07) is 18.4. The number of aromatic carboxylic acids is 1. The summed E-state index contributed by atoms with van der Waals surface area (Å²) in [5.41, 5.74) is 2.70. The molecule has 3 rings (SSSR count). The minimum absolute atomic E-state index is 0.0537. The third-order valence-corrected chi connectivity index (χ3v) is 5.32. The Bertz CT molecular complexity index is 1010. The summed E-state index contributed by atoms with van der Waals surface area (Å²) in [5, 5.41) is 12.6. The van der Waals surface area contributed by atoms with Crippen molar-refractivity contribution in [3.8, 4) is 11.5 Å². The van der Waals surface area contributed by atoms with Crippen LogP contribution in [0.15, 0.2) is 65.1 Å². The zero-order valence-electron chi connectivity index (χ0n) is 15.6. The minimum atomic E-state index is -1.07. The molecule has 3 aromatic carbocycles. The quantitative estimate of drug-likeness (QED) is 0.417. The lowest BCUT2D eigenvalue weighted by Crippen LogP contribution is -2.04. The van der Waals surface area contributed by atoms with Crippen molar-refractivity contribution in [2.45, 2.75) is 13.2 Å². The number of ether oxygens (including phenoxy) is 2. The Morgan fingerprint density at radius 1 is 1.10 bits per heavy atom. The number of halogens is 2. The van der Waals surface area contributed by atoms with Gasteiger partial charge >= 0.3 is 5.97 Å². The average molecular weight is 477 g/mol. The van der Waals surface area contributed by atoms with Gasteiger partial charge in [0.2, 0.25) is 0 Å². The van der Waals surface area contributed by atoms with E-state index in [-0.39, 0.29) is 10.6 Å². The average Bonchev–Trinajstić information content (AvgIpc) is 2.73. The van der Waals surface area contributed by atoms with E-state index in [0.29, 0.717) is 30.3 Å². The lowest BCUT2D eigenvalue weighted by Gasteiger charge is -2.15. The fourth-order valence-corrected chi connectivity index (χ4v) is 3.38. The molecule has 2 N–H and O–H groups in total. The topological polar surface area (TPSA) is 67.8 Å². The Morgan fingerprint density at radius 3 is 2.55 bits per heavy atom. The molecule has 29 heavy (non-hydrogen) atoms. The van der Waals surface area contributed by atoms with E-state index in [1.165, 1.54) is 6.07 Å². The Kier molecular flexibility index (Phi) is 7.01. The van der Waals surface area contributed by atoms with Crippen LogP contribution in [-0.4, -0.2) is 18.2 Å². The first-order chi connectivity index (χ1) is 14.0. The van der Waals surface area contributed by atoms with E-state index < -0.39 is 5.97 Å². The van der Waals surface area contributed by atoms with Gasteiger partial charge in [-0.2, -0.15) is 0 Å². The van der Waals surface area contributed by atoms with Crippen LogP contribution in [0.3, 0.4) is 0 Å². The molecule has 0 aliphatic carbocycles. The fraction of sp³-hybridized carbons (Fsp3) is 0.136. The Hall–Kier alpha value is -2.70. The van der Waals surface area contributed by atoms with Gasteiger partial charge in [0.05, 0.1) is 17.7 Å². The molecule has 3 aromatic rings. The normalized spacial score (nSPS) is 10.4. The van der Waals surface area contributed by atoms with E-state index in [4.69, 9.17) is 21.1 Å². The molecular weight excluding hydrogens is 458 g/mol. The van der Waals surface area contributed by atoms with Crippen LogP contribution < -0.4 is 14.8 Å². The van der Waals surface area contributed by atoms with Crippen molar-refractivity contribution in [1.29, 1.82) is 0 Å². The van der Waals surface area contributed by atoms with Crippen LogP contribution in [0.4, 0.5) is 5.69 Å². The van der Waals surface area contributed by atoms with Crippen LogP contribution in [0, 0.1) is 0 Å². The summed E-state index contributed by atoms with van der Waals surface area (Å²) in [5.74, 6) is 0.177. The van der Waals surface area contributed by atoms with Gasteiger partial charge < -0.3 is 19.9 Å². The Labute approximate surface area is 182 Å². The van der Waals surface area contributed by atoms with Crippen molar-refractivity contribution in [2.75, 3.05) is 12.4 Å². The van der Waals surface area contributed by atoms with Crippen molar-refractivity contribution in [3.05, 3.63) is 86.8 Å². The standard InChI is InChI=1S/C22H19BrClNO4/c1-28-20-9-15(12-25-16-7-8-19(24)17(10-16)22(26)27)18(23)11-21(20)29-13-14-5-3-2-4-6-14/h2-11,25H,12-13H2,1H3,(H,26,27). The molecule has 0 atom stereocenters. The van der Waals surface area contributed by atoms with Gasteiger partial charge in [0, 0.05) is 16.7 Å². The maximum absolute atomic E-state index is 11.2. The first kappa shape index (κ1) is 21.0. The molecule has 7 heteroatoms. The molecular formula is C22H19BrClNO4. The molecule has 0 spiro atoms. The van der Waals surface area contributed by atoms with E-state index in [1.54, 1.807) is 19.2 Å². The Morgan fingerprint density at radius 2 is 1.86 bits per heavy atom. The summed E-state index contributed by atoms with van der Waals surface area (Å²) < 4.78 is 12.2. The number of benzene rings is 3. The zero-order chi connectivity index (χ0) is 20.8. The van der Waals surface area contributed by atoms with Crippen molar-refractivity contribution in [1.82, 2.24) is 0 Å². The molecule has 0 bridgehead atoms. The molecule has 0 fully saturated rings. The lowest BCUT2D eigenvalue weighted by atomic mass is 10.1. The molecule has 0 heterocycles. The van der Waals surface area contributed by atoms with Crippen LogP contribution >= 0.6 is 27.5 Å². The molecule has 0 unspecified atom stereocenters. The summed E-state index contributed by atoms with van der Waals surface area (Å²) >= 11 is 9.49. The zero-order valence-corrected chi connectivity index (χ0v) is 18.0. The number of carboxylic acids is 1. The predicted molar refractivity (Wildman–Crippen MR) is 117 cm³/mol. The summed E-state index contributed by atoms with van der Waals surface area (Å²) in [7, 11) is 1.59. The highest BCUT2D eigenvalue weighted by Gasteiger charge is 2.12. The van der Waals surface area contributed by atoms with E-state index >= 15 is 0 Å². The van der Waals surface area contributed by atoms with Gasteiger partial charge in [-0.1, -0.05) is 57.9 Å². The largest absolute Gasteiger partial charge is 0.493 e.